The van der Waals surface area contributed by atoms with E-state index >= 15 is 0 Å². The van der Waals surface area contributed by atoms with Crippen molar-refractivity contribution in [1.82, 2.24) is 4.98 Å². The molecule has 0 aliphatic carbocycles. The molecule has 1 unspecified atom stereocenters. The molecule has 0 bridgehead atoms. The maximum atomic E-state index is 11.3. The Balaban J connectivity index is 2.46. The van der Waals surface area contributed by atoms with Gasteiger partial charge in [0.15, 0.2) is 0 Å². The molecule has 0 fully saturated rings. The number of methoxy groups -OCH3 is 1. The highest BCUT2D eigenvalue weighted by atomic mass is 16.5. The lowest BCUT2D eigenvalue weighted by molar-refractivity contribution is 0.0600. The van der Waals surface area contributed by atoms with E-state index in [9.17, 15) is 4.79 Å². The number of aliphatic hydroxyl groups excluding tert-OH is 1. The van der Waals surface area contributed by atoms with E-state index in [1.165, 1.54) is 7.11 Å². The molecule has 0 aliphatic rings. The number of hydrogen-bond acceptors (Lipinski definition) is 5. The van der Waals surface area contributed by atoms with Crippen molar-refractivity contribution >= 4 is 11.8 Å². The molecular weight excluding hydrogens is 220 g/mol. The van der Waals surface area contributed by atoms with E-state index in [1.54, 1.807) is 25.3 Å². The summed E-state index contributed by atoms with van der Waals surface area (Å²) >= 11 is 0. The summed E-state index contributed by atoms with van der Waals surface area (Å²) in [5.74, 6) is 0.262. The van der Waals surface area contributed by atoms with Crippen molar-refractivity contribution in [2.75, 3.05) is 19.0 Å². The number of nitrogens with one attached hydrogen (secondary N) is 1. The van der Waals surface area contributed by atoms with Crippen molar-refractivity contribution in [3.8, 4) is 0 Å². The maximum absolute atomic E-state index is 11.3. The Kier molecular flexibility index (Phi) is 5.42. The number of anilines is 1. The van der Waals surface area contributed by atoms with Crippen LogP contribution in [0.3, 0.4) is 0 Å². The smallest absolute Gasteiger partial charge is 0.338 e. The predicted molar refractivity (Wildman–Crippen MR) is 65.0 cm³/mol. The number of aromatic nitrogens is 1. The minimum absolute atomic E-state index is 0.286. The number of carbonyl (C=O) groups is 1. The summed E-state index contributed by atoms with van der Waals surface area (Å²) in [7, 11) is 1.35. The number of carbonyl (C=O) groups excluding carboxylic acids is 1. The first-order chi connectivity index (χ1) is 8.13. The van der Waals surface area contributed by atoms with Gasteiger partial charge in [0.1, 0.15) is 5.82 Å². The number of hydrogen-bond donors (Lipinski definition) is 2. The van der Waals surface area contributed by atoms with Crippen LogP contribution in [0.2, 0.25) is 0 Å². The van der Waals surface area contributed by atoms with Crippen LogP contribution in [0.4, 0.5) is 5.82 Å². The van der Waals surface area contributed by atoms with Crippen LogP contribution in [-0.4, -0.2) is 35.8 Å². The largest absolute Gasteiger partial charge is 0.465 e. The summed E-state index contributed by atoms with van der Waals surface area (Å²) in [6, 6.07) is 3.25. The lowest BCUT2D eigenvalue weighted by atomic mass is 10.2. The number of esters is 1. The highest BCUT2D eigenvalue weighted by Crippen LogP contribution is 2.08. The normalized spacial score (nSPS) is 11.9. The van der Waals surface area contributed by atoms with E-state index in [1.807, 2.05) is 0 Å². The molecule has 1 heterocycles. The molecule has 17 heavy (non-hydrogen) atoms. The minimum atomic E-state index is -0.376. The van der Waals surface area contributed by atoms with Gasteiger partial charge in [-0.25, -0.2) is 9.78 Å². The minimum Gasteiger partial charge on any atom is -0.465 e. The zero-order chi connectivity index (χ0) is 12.7. The van der Waals surface area contributed by atoms with Gasteiger partial charge in [0.25, 0.3) is 0 Å². The van der Waals surface area contributed by atoms with Gasteiger partial charge in [-0.2, -0.15) is 0 Å². The van der Waals surface area contributed by atoms with Crippen LogP contribution in [0, 0.1) is 0 Å². The Bertz CT molecular complexity index is 367. The lowest BCUT2D eigenvalue weighted by Crippen LogP contribution is -2.08. The van der Waals surface area contributed by atoms with Crippen molar-refractivity contribution in [2.45, 2.75) is 25.9 Å². The van der Waals surface area contributed by atoms with Gasteiger partial charge in [0.05, 0.1) is 18.8 Å². The van der Waals surface area contributed by atoms with Gasteiger partial charge in [-0.1, -0.05) is 0 Å². The number of aliphatic hydroxyl groups is 1. The van der Waals surface area contributed by atoms with Crippen molar-refractivity contribution in [2.24, 2.45) is 0 Å². The molecule has 2 N–H and O–H groups in total. The van der Waals surface area contributed by atoms with Gasteiger partial charge in [-0.05, 0) is 31.9 Å². The van der Waals surface area contributed by atoms with Crippen LogP contribution in [0.25, 0.3) is 0 Å². The predicted octanol–water partition coefficient (Wildman–Crippen LogP) is 1.44. The van der Waals surface area contributed by atoms with Crippen LogP contribution in [-0.2, 0) is 4.74 Å². The quantitative estimate of drug-likeness (QED) is 0.579. The standard InChI is InChI=1S/C12H18N2O3/c1-9(15)4-3-6-13-11-8-10(5-7-14-11)12(16)17-2/h5,7-9,15H,3-4,6H2,1-2H3,(H,13,14). The lowest BCUT2D eigenvalue weighted by Gasteiger charge is -2.07. The molecule has 0 amide bonds. The number of nitrogens with zero attached hydrogens (tertiary/aromatic N) is 1. The van der Waals surface area contributed by atoms with E-state index in [4.69, 9.17) is 5.11 Å². The molecular formula is C12H18N2O3. The average molecular weight is 238 g/mol. The Morgan fingerprint density at radius 1 is 1.65 bits per heavy atom. The van der Waals surface area contributed by atoms with Gasteiger partial charge < -0.3 is 15.2 Å². The molecule has 0 aromatic carbocycles. The van der Waals surface area contributed by atoms with Crippen molar-refractivity contribution < 1.29 is 14.6 Å². The van der Waals surface area contributed by atoms with Crippen LogP contribution >= 0.6 is 0 Å². The molecule has 0 saturated heterocycles. The first kappa shape index (κ1) is 13.4. The SMILES string of the molecule is COC(=O)c1ccnc(NCCCC(C)O)c1. The summed E-state index contributed by atoms with van der Waals surface area (Å²) in [5, 5.41) is 12.2. The second kappa shape index (κ2) is 6.85. The molecule has 1 aromatic heterocycles. The Morgan fingerprint density at radius 3 is 3.06 bits per heavy atom. The summed E-state index contributed by atoms with van der Waals surface area (Å²) in [6.07, 6.45) is 2.86. The van der Waals surface area contributed by atoms with Crippen LogP contribution in [0.15, 0.2) is 18.3 Å². The summed E-state index contributed by atoms with van der Waals surface area (Å²) < 4.78 is 4.62. The molecule has 0 aliphatic heterocycles. The number of pyridine rings is 1. The van der Waals surface area contributed by atoms with Gasteiger partial charge in [0, 0.05) is 12.7 Å². The second-order valence-corrected chi connectivity index (χ2v) is 3.84. The van der Waals surface area contributed by atoms with Crippen molar-refractivity contribution in [3.63, 3.8) is 0 Å². The molecule has 1 rings (SSSR count). The highest BCUT2D eigenvalue weighted by Gasteiger charge is 2.05. The van der Waals surface area contributed by atoms with E-state index in [0.29, 0.717) is 17.9 Å². The summed E-state index contributed by atoms with van der Waals surface area (Å²) in [5.41, 5.74) is 0.473. The Labute approximate surface area is 101 Å². The molecule has 0 saturated carbocycles. The van der Waals surface area contributed by atoms with Gasteiger partial charge in [-0.15, -0.1) is 0 Å². The molecule has 1 atom stereocenters. The van der Waals surface area contributed by atoms with Crippen LogP contribution in [0.5, 0.6) is 0 Å². The van der Waals surface area contributed by atoms with Gasteiger partial charge in [0.2, 0.25) is 0 Å². The van der Waals surface area contributed by atoms with E-state index in [-0.39, 0.29) is 12.1 Å². The fourth-order valence-corrected chi connectivity index (χ4v) is 1.39. The third-order valence-electron chi connectivity index (χ3n) is 2.29. The molecule has 94 valence electrons. The summed E-state index contributed by atoms with van der Waals surface area (Å²) in [4.78, 5) is 15.4. The summed E-state index contributed by atoms with van der Waals surface area (Å²) in [6.45, 7) is 2.47. The molecule has 1 aromatic rings. The third-order valence-corrected chi connectivity index (χ3v) is 2.29. The first-order valence-corrected chi connectivity index (χ1v) is 5.60. The highest BCUT2D eigenvalue weighted by molar-refractivity contribution is 5.89. The average Bonchev–Trinajstić information content (AvgIpc) is 2.34. The van der Waals surface area contributed by atoms with E-state index in [2.05, 4.69) is 15.0 Å². The maximum Gasteiger partial charge on any atom is 0.338 e. The zero-order valence-electron chi connectivity index (χ0n) is 10.1. The first-order valence-electron chi connectivity index (χ1n) is 5.60. The van der Waals surface area contributed by atoms with Crippen LogP contribution < -0.4 is 5.32 Å². The van der Waals surface area contributed by atoms with Gasteiger partial charge in [-0.3, -0.25) is 0 Å². The van der Waals surface area contributed by atoms with Crippen LogP contribution in [0.1, 0.15) is 30.1 Å². The fraction of sp³-hybridized carbons (Fsp3) is 0.500. The molecule has 0 radical (unpaired) electrons. The van der Waals surface area contributed by atoms with E-state index < -0.39 is 0 Å². The topological polar surface area (TPSA) is 71.5 Å². The van der Waals surface area contributed by atoms with E-state index in [0.717, 1.165) is 12.8 Å². The zero-order valence-corrected chi connectivity index (χ0v) is 10.1. The van der Waals surface area contributed by atoms with Gasteiger partial charge >= 0.3 is 5.97 Å². The Hall–Kier alpha value is -1.62. The fourth-order valence-electron chi connectivity index (χ4n) is 1.39. The number of ether oxygens (including phenoxy) is 1. The second-order valence-electron chi connectivity index (χ2n) is 3.84. The monoisotopic (exact) mass is 238 g/mol. The third kappa shape index (κ3) is 4.82. The van der Waals surface area contributed by atoms with Crippen molar-refractivity contribution in [1.29, 1.82) is 0 Å². The van der Waals surface area contributed by atoms with Crippen molar-refractivity contribution in [3.05, 3.63) is 23.9 Å². The molecule has 5 heteroatoms. The molecule has 0 spiro atoms. The molecule has 5 nitrogen and oxygen atoms in total. The Morgan fingerprint density at radius 2 is 2.41 bits per heavy atom. The number of rotatable bonds is 6.